The fourth-order valence-corrected chi connectivity index (χ4v) is 1.34. The molecule has 0 saturated carbocycles. The highest BCUT2D eigenvalue weighted by Crippen LogP contribution is 2.20. The predicted molar refractivity (Wildman–Crippen MR) is 65.4 cm³/mol. The van der Waals surface area contributed by atoms with Crippen LogP contribution >= 0.6 is 0 Å². The van der Waals surface area contributed by atoms with E-state index in [1.807, 2.05) is 38.4 Å². The lowest BCUT2D eigenvalue weighted by Gasteiger charge is -2.24. The molecule has 78 valence electrons. The average Bonchev–Trinajstić information content (AvgIpc) is 2.28. The number of benzene rings is 1. The number of hydrogen-bond donors (Lipinski definition) is 0. The van der Waals surface area contributed by atoms with E-state index in [2.05, 4.69) is 13.2 Å². The van der Waals surface area contributed by atoms with Gasteiger partial charge in [-0.3, -0.25) is 0 Å². The van der Waals surface area contributed by atoms with Gasteiger partial charge in [0.25, 0.3) is 0 Å². The molecule has 0 aliphatic heterocycles. The summed E-state index contributed by atoms with van der Waals surface area (Å²) in [5.74, 6) is -0.0265. The number of nitrogens with zero attached hydrogens (tertiary/aromatic N) is 1. The Balaban J connectivity index is 3.10. The fourth-order valence-electron chi connectivity index (χ4n) is 1.34. The number of carbonyl (C=O) groups excluding carboxylic acids is 1. The molecular weight excluding hydrogens is 186 g/mol. The maximum Gasteiger partial charge on any atom is 0.342 e. The second-order valence-electron chi connectivity index (χ2n) is 3.79. The van der Waals surface area contributed by atoms with Gasteiger partial charge in [-0.2, -0.15) is 0 Å². The van der Waals surface area contributed by atoms with E-state index in [1.54, 1.807) is 6.08 Å². The number of rotatable bonds is 3. The molecule has 2 heteroatoms. The standard InChI is InChI=1S/C13H16NO/c1-5-11-7-9-12(10-8-11)14(3,4)13(15)6-2/h5-10H,1-2H2,3-4H3/q+1. The van der Waals surface area contributed by atoms with Crippen LogP contribution < -0.4 is 4.48 Å². The van der Waals surface area contributed by atoms with Gasteiger partial charge in [0.1, 0.15) is 5.69 Å². The van der Waals surface area contributed by atoms with Crippen molar-refractivity contribution in [2.75, 3.05) is 14.1 Å². The van der Waals surface area contributed by atoms with Crippen molar-refractivity contribution in [3.8, 4) is 0 Å². The second-order valence-corrected chi connectivity index (χ2v) is 3.79. The highest BCUT2D eigenvalue weighted by Gasteiger charge is 2.26. The average molecular weight is 202 g/mol. The molecule has 0 N–H and O–H groups in total. The van der Waals surface area contributed by atoms with Crippen molar-refractivity contribution in [3.63, 3.8) is 0 Å². The van der Waals surface area contributed by atoms with Crippen LogP contribution in [0.1, 0.15) is 5.56 Å². The molecule has 0 aliphatic rings. The van der Waals surface area contributed by atoms with Gasteiger partial charge in [-0.05, 0) is 17.7 Å². The summed E-state index contributed by atoms with van der Waals surface area (Å²) in [4.78, 5) is 11.6. The van der Waals surface area contributed by atoms with Gasteiger partial charge in [-0.1, -0.05) is 19.2 Å². The zero-order valence-electron chi connectivity index (χ0n) is 9.23. The van der Waals surface area contributed by atoms with E-state index in [0.29, 0.717) is 0 Å². The number of hydrogen-bond acceptors (Lipinski definition) is 1. The van der Waals surface area contributed by atoms with E-state index in [0.717, 1.165) is 11.3 Å². The van der Waals surface area contributed by atoms with Crippen LogP contribution in [0.25, 0.3) is 6.08 Å². The molecule has 0 aromatic heterocycles. The first-order valence-electron chi connectivity index (χ1n) is 4.76. The van der Waals surface area contributed by atoms with Gasteiger partial charge in [0, 0.05) is 18.2 Å². The van der Waals surface area contributed by atoms with Crippen molar-refractivity contribution >= 4 is 17.7 Å². The van der Waals surface area contributed by atoms with Crippen LogP contribution in [0.5, 0.6) is 0 Å². The van der Waals surface area contributed by atoms with Crippen LogP contribution in [0, 0.1) is 0 Å². The van der Waals surface area contributed by atoms with Crippen LogP contribution in [0.2, 0.25) is 0 Å². The Labute approximate surface area is 90.7 Å². The molecule has 1 aromatic rings. The summed E-state index contributed by atoms with van der Waals surface area (Å²) in [7, 11) is 3.68. The Hall–Kier alpha value is -1.67. The highest BCUT2D eigenvalue weighted by atomic mass is 16.2. The third-order valence-corrected chi connectivity index (χ3v) is 2.50. The lowest BCUT2D eigenvalue weighted by atomic mass is 10.2. The van der Waals surface area contributed by atoms with Crippen LogP contribution in [0.3, 0.4) is 0 Å². The van der Waals surface area contributed by atoms with Crippen LogP contribution in [-0.2, 0) is 4.79 Å². The minimum absolute atomic E-state index is 0.0265. The normalized spacial score (nSPS) is 10.8. The van der Waals surface area contributed by atoms with E-state index in [-0.39, 0.29) is 10.4 Å². The first-order valence-corrected chi connectivity index (χ1v) is 4.76. The maximum absolute atomic E-state index is 11.6. The molecule has 0 heterocycles. The molecule has 1 aromatic carbocycles. The lowest BCUT2D eigenvalue weighted by molar-refractivity contribution is -0.123. The quantitative estimate of drug-likeness (QED) is 0.544. The summed E-state index contributed by atoms with van der Waals surface area (Å²) >= 11 is 0. The second kappa shape index (κ2) is 4.24. The third kappa shape index (κ3) is 2.22. The molecule has 0 saturated heterocycles. The molecule has 0 aliphatic carbocycles. The Morgan fingerprint density at radius 1 is 1.20 bits per heavy atom. The van der Waals surface area contributed by atoms with Crippen LogP contribution in [-0.4, -0.2) is 20.0 Å². The number of amides is 1. The topological polar surface area (TPSA) is 17.1 Å². The lowest BCUT2D eigenvalue weighted by Crippen LogP contribution is -2.45. The minimum atomic E-state index is -0.0265. The van der Waals surface area contributed by atoms with E-state index >= 15 is 0 Å². The first kappa shape index (κ1) is 11.4. The molecule has 0 radical (unpaired) electrons. The summed E-state index contributed by atoms with van der Waals surface area (Å²) in [5.41, 5.74) is 1.98. The van der Waals surface area contributed by atoms with Crippen LogP contribution in [0.4, 0.5) is 5.69 Å². The fraction of sp³-hybridized carbons (Fsp3) is 0.154. The van der Waals surface area contributed by atoms with E-state index in [1.165, 1.54) is 6.08 Å². The van der Waals surface area contributed by atoms with Crippen molar-refractivity contribution in [3.05, 3.63) is 49.1 Å². The number of likely N-dealkylation sites (N-methyl/N-ethyl adjacent to an activating group) is 1. The van der Waals surface area contributed by atoms with Gasteiger partial charge in [0.2, 0.25) is 0 Å². The van der Waals surface area contributed by atoms with Gasteiger partial charge in [-0.15, -0.1) is 0 Å². The molecule has 1 amide bonds. The van der Waals surface area contributed by atoms with Gasteiger partial charge in [-0.25, -0.2) is 9.28 Å². The summed E-state index contributed by atoms with van der Waals surface area (Å²) < 4.78 is 0.181. The maximum atomic E-state index is 11.6. The van der Waals surface area contributed by atoms with Crippen molar-refractivity contribution in [2.24, 2.45) is 0 Å². The molecule has 0 spiro atoms. The van der Waals surface area contributed by atoms with Crippen molar-refractivity contribution in [2.45, 2.75) is 0 Å². The Kier molecular flexibility index (Phi) is 3.22. The summed E-state index contributed by atoms with van der Waals surface area (Å²) in [6.07, 6.45) is 3.13. The van der Waals surface area contributed by atoms with Crippen molar-refractivity contribution in [1.82, 2.24) is 4.48 Å². The zero-order chi connectivity index (χ0) is 11.5. The SMILES string of the molecule is C=CC(=O)[N+](C)(C)c1ccc(C=C)cc1. The van der Waals surface area contributed by atoms with Crippen LogP contribution in [0.15, 0.2) is 43.5 Å². The largest absolute Gasteiger partial charge is 0.342 e. The molecule has 1 rings (SSSR count). The molecular formula is C13H16NO+. The van der Waals surface area contributed by atoms with E-state index in [4.69, 9.17) is 0 Å². The van der Waals surface area contributed by atoms with E-state index < -0.39 is 0 Å². The number of quaternary nitrogens is 1. The highest BCUT2D eigenvalue weighted by molar-refractivity contribution is 5.96. The smallest absolute Gasteiger partial charge is 0.229 e. The zero-order valence-corrected chi connectivity index (χ0v) is 9.23. The Morgan fingerprint density at radius 2 is 1.73 bits per heavy atom. The summed E-state index contributed by atoms with van der Waals surface area (Å²) in [6.45, 7) is 7.19. The molecule has 0 bridgehead atoms. The van der Waals surface area contributed by atoms with Gasteiger partial charge >= 0.3 is 5.91 Å². The number of carbonyl (C=O) groups is 1. The van der Waals surface area contributed by atoms with Gasteiger partial charge < -0.3 is 0 Å². The predicted octanol–water partition coefficient (Wildman–Crippen LogP) is 2.61. The molecule has 0 fully saturated rings. The molecule has 0 unspecified atom stereocenters. The molecule has 0 atom stereocenters. The van der Waals surface area contributed by atoms with E-state index in [9.17, 15) is 4.79 Å². The molecule has 15 heavy (non-hydrogen) atoms. The Bertz CT molecular complexity index is 388. The summed E-state index contributed by atoms with van der Waals surface area (Å²) in [5, 5.41) is 0. The Morgan fingerprint density at radius 3 is 2.13 bits per heavy atom. The van der Waals surface area contributed by atoms with Crippen molar-refractivity contribution in [1.29, 1.82) is 0 Å². The first-order chi connectivity index (χ1) is 7.02. The third-order valence-electron chi connectivity index (χ3n) is 2.50. The monoisotopic (exact) mass is 202 g/mol. The minimum Gasteiger partial charge on any atom is -0.229 e. The van der Waals surface area contributed by atoms with Gasteiger partial charge in [0.05, 0.1) is 14.1 Å². The molecule has 2 nitrogen and oxygen atoms in total. The summed E-state index contributed by atoms with van der Waals surface area (Å²) in [6, 6.07) is 7.74. The van der Waals surface area contributed by atoms with Crippen molar-refractivity contribution < 1.29 is 4.79 Å². The van der Waals surface area contributed by atoms with Gasteiger partial charge in [0.15, 0.2) is 0 Å².